The molecule has 0 radical (unpaired) electrons. The Morgan fingerprint density at radius 2 is 1.74 bits per heavy atom. The number of hydrogen-bond donors (Lipinski definition) is 1. The van der Waals surface area contributed by atoms with Gasteiger partial charge in [0.2, 0.25) is 0 Å². The molecule has 1 fully saturated rings. The molecule has 0 aromatic heterocycles. The van der Waals surface area contributed by atoms with Gasteiger partial charge in [-0.15, -0.1) is 0 Å². The summed E-state index contributed by atoms with van der Waals surface area (Å²) in [4.78, 5) is 23.0. The van der Waals surface area contributed by atoms with E-state index in [0.717, 1.165) is 25.5 Å². The first-order chi connectivity index (χ1) is 13.0. The van der Waals surface area contributed by atoms with Crippen molar-refractivity contribution in [2.75, 3.05) is 6.61 Å². The van der Waals surface area contributed by atoms with E-state index in [1.54, 1.807) is 49.4 Å². The smallest absolute Gasteiger partial charge is 0.385 e. The summed E-state index contributed by atoms with van der Waals surface area (Å²) in [6.45, 7) is 5.92. The van der Waals surface area contributed by atoms with Gasteiger partial charge in [0.25, 0.3) is 0 Å². The predicted octanol–water partition coefficient (Wildman–Crippen LogP) is 3.76. The number of hydrogen-bond acceptors (Lipinski definition) is 5. The summed E-state index contributed by atoms with van der Waals surface area (Å²) in [6.07, 6.45) is 2.22. The first-order valence-corrected chi connectivity index (χ1v) is 10.6. The number of aromatic hydroxyl groups is 1. The van der Waals surface area contributed by atoms with Crippen LogP contribution in [0.25, 0.3) is 0 Å². The quantitative estimate of drug-likeness (QED) is 0.494. The van der Waals surface area contributed by atoms with Crippen LogP contribution >= 0.6 is 0 Å². The number of para-hydroxylation sites is 1. The summed E-state index contributed by atoms with van der Waals surface area (Å²) in [5.74, 6) is -0.436. The van der Waals surface area contributed by atoms with Crippen molar-refractivity contribution in [2.45, 2.75) is 25.8 Å². The molecule has 2 aromatic rings. The Morgan fingerprint density at radius 3 is 2.33 bits per heavy atom. The number of phenols is 1. The highest BCUT2D eigenvalue weighted by Gasteiger charge is 2.21. The van der Waals surface area contributed by atoms with Gasteiger partial charge in [0.15, 0.2) is 5.78 Å². The maximum absolute atomic E-state index is 11.9. The number of carbonyl (C=O) groups excluding carboxylic acids is 2. The maximum Gasteiger partial charge on any atom is 0.385 e. The lowest BCUT2D eigenvalue weighted by molar-refractivity contribution is -0.131. The second kappa shape index (κ2) is 10.4. The fraction of sp³-hybridized carbons (Fsp3) is 0.238. The number of ketones is 1. The molecular formula is C21H24O5Si. The van der Waals surface area contributed by atoms with Crippen LogP contribution in [0.5, 0.6) is 5.75 Å². The van der Waals surface area contributed by atoms with E-state index in [2.05, 4.69) is 6.58 Å². The van der Waals surface area contributed by atoms with Crippen LogP contribution in [0.3, 0.4) is 0 Å². The molecule has 0 amide bonds. The summed E-state index contributed by atoms with van der Waals surface area (Å²) in [5.41, 5.74) is 1.37. The highest BCUT2D eigenvalue weighted by molar-refractivity contribution is 6.47. The van der Waals surface area contributed by atoms with Gasteiger partial charge >= 0.3 is 15.3 Å². The highest BCUT2D eigenvalue weighted by atomic mass is 28.3. The molecule has 0 bridgehead atoms. The molecular weight excluding hydrogens is 360 g/mol. The zero-order chi connectivity index (χ0) is 19.6. The summed E-state index contributed by atoms with van der Waals surface area (Å²) in [6, 6.07) is 16.4. The molecule has 5 nitrogen and oxygen atoms in total. The third kappa shape index (κ3) is 6.51. The number of benzene rings is 2. The Bertz CT molecular complexity index is 782. The highest BCUT2D eigenvalue weighted by Crippen LogP contribution is 2.19. The molecule has 1 atom stereocenters. The molecule has 27 heavy (non-hydrogen) atoms. The van der Waals surface area contributed by atoms with Crippen LogP contribution in [0, 0.1) is 0 Å². The van der Waals surface area contributed by atoms with E-state index in [4.69, 9.17) is 8.85 Å². The van der Waals surface area contributed by atoms with Crippen LogP contribution in [-0.4, -0.2) is 32.7 Å². The molecule has 0 saturated carbocycles. The Morgan fingerprint density at radius 1 is 1.07 bits per heavy atom. The standard InChI is InChI=1S/C13H10O2.C8H14O3Si/c14-12-9-5-4-8-11(12)13(15)10-6-2-1-3-7-10;1-7(2)8(9)11-12-6-4-3-5-10-12/h1-9,14H;12H,1,3-6H2,2H3. The van der Waals surface area contributed by atoms with E-state index in [-0.39, 0.29) is 17.5 Å². The van der Waals surface area contributed by atoms with Crippen LogP contribution < -0.4 is 0 Å². The number of carbonyl (C=O) groups is 2. The third-order valence-electron chi connectivity index (χ3n) is 3.91. The van der Waals surface area contributed by atoms with Gasteiger partial charge in [0.05, 0.1) is 5.56 Å². The van der Waals surface area contributed by atoms with Gasteiger partial charge in [-0.2, -0.15) is 0 Å². The lowest BCUT2D eigenvalue weighted by Gasteiger charge is -2.20. The van der Waals surface area contributed by atoms with E-state index in [1.807, 2.05) is 6.07 Å². The molecule has 3 rings (SSSR count). The lowest BCUT2D eigenvalue weighted by atomic mass is 10.0. The lowest BCUT2D eigenvalue weighted by Crippen LogP contribution is -2.29. The van der Waals surface area contributed by atoms with Crippen molar-refractivity contribution < 1.29 is 23.5 Å². The summed E-state index contributed by atoms with van der Waals surface area (Å²) in [5, 5.41) is 9.52. The van der Waals surface area contributed by atoms with Crippen molar-refractivity contribution in [1.29, 1.82) is 0 Å². The summed E-state index contributed by atoms with van der Waals surface area (Å²) >= 11 is 0. The second-order valence-corrected chi connectivity index (χ2v) is 8.20. The fourth-order valence-corrected chi connectivity index (χ4v) is 4.28. The molecule has 1 aliphatic heterocycles. The van der Waals surface area contributed by atoms with Crippen LogP contribution in [-0.2, 0) is 13.6 Å². The maximum atomic E-state index is 11.9. The Balaban J connectivity index is 0.000000199. The van der Waals surface area contributed by atoms with E-state index < -0.39 is 9.28 Å². The number of rotatable bonds is 4. The summed E-state index contributed by atoms with van der Waals surface area (Å²) in [7, 11) is -1.65. The first kappa shape index (κ1) is 20.6. The molecule has 1 aliphatic rings. The topological polar surface area (TPSA) is 72.8 Å². The van der Waals surface area contributed by atoms with Crippen LogP contribution in [0.2, 0.25) is 6.04 Å². The van der Waals surface area contributed by atoms with E-state index in [0.29, 0.717) is 16.7 Å². The molecule has 1 N–H and O–H groups in total. The predicted molar refractivity (Wildman–Crippen MR) is 106 cm³/mol. The SMILES string of the molecule is C=C(C)C(=O)O[SiH]1CCCCO1.O=C(c1ccccc1)c1ccccc1O. The Hall–Kier alpha value is -2.70. The zero-order valence-corrected chi connectivity index (χ0v) is 16.5. The van der Waals surface area contributed by atoms with Gasteiger partial charge in [0, 0.05) is 17.7 Å². The van der Waals surface area contributed by atoms with Gasteiger partial charge in [-0.3, -0.25) is 4.79 Å². The Kier molecular flexibility index (Phi) is 7.97. The van der Waals surface area contributed by atoms with Crippen molar-refractivity contribution in [3.63, 3.8) is 0 Å². The first-order valence-electron chi connectivity index (χ1n) is 8.85. The zero-order valence-electron chi connectivity index (χ0n) is 15.4. The molecule has 6 heteroatoms. The van der Waals surface area contributed by atoms with Crippen LogP contribution in [0.4, 0.5) is 0 Å². The van der Waals surface area contributed by atoms with Crippen LogP contribution in [0.1, 0.15) is 35.7 Å². The van der Waals surface area contributed by atoms with Crippen molar-refractivity contribution in [3.05, 3.63) is 77.9 Å². The van der Waals surface area contributed by atoms with Gasteiger partial charge in [-0.1, -0.05) is 49.0 Å². The average molecular weight is 385 g/mol. The van der Waals surface area contributed by atoms with Crippen molar-refractivity contribution in [3.8, 4) is 5.75 Å². The molecule has 142 valence electrons. The minimum Gasteiger partial charge on any atom is -0.507 e. The van der Waals surface area contributed by atoms with Crippen LogP contribution in [0.15, 0.2) is 66.7 Å². The number of phenolic OH excluding ortho intramolecular Hbond substituents is 1. The molecule has 1 saturated heterocycles. The molecule has 0 spiro atoms. The van der Waals surface area contributed by atoms with E-state index in [1.165, 1.54) is 6.07 Å². The summed E-state index contributed by atoms with van der Waals surface area (Å²) < 4.78 is 10.5. The van der Waals surface area contributed by atoms with Crippen molar-refractivity contribution >= 4 is 21.0 Å². The second-order valence-electron chi connectivity index (χ2n) is 6.19. The fourth-order valence-electron chi connectivity index (χ4n) is 2.43. The molecule has 1 unspecified atom stereocenters. The molecule has 2 aromatic carbocycles. The van der Waals surface area contributed by atoms with Gasteiger partial charge in [0.1, 0.15) is 5.75 Å². The molecule has 0 aliphatic carbocycles. The van der Waals surface area contributed by atoms with E-state index in [9.17, 15) is 14.7 Å². The third-order valence-corrected chi connectivity index (χ3v) is 5.87. The Labute approximate surface area is 161 Å². The minimum atomic E-state index is -1.65. The minimum absolute atomic E-state index is 0.0198. The molecule has 1 heterocycles. The van der Waals surface area contributed by atoms with Gasteiger partial charge in [-0.25, -0.2) is 4.79 Å². The monoisotopic (exact) mass is 384 g/mol. The van der Waals surface area contributed by atoms with Crippen molar-refractivity contribution in [2.24, 2.45) is 0 Å². The average Bonchev–Trinajstić information content (AvgIpc) is 2.70. The van der Waals surface area contributed by atoms with Gasteiger partial charge < -0.3 is 14.0 Å². The van der Waals surface area contributed by atoms with Gasteiger partial charge in [-0.05, 0) is 37.9 Å². The normalized spacial score (nSPS) is 15.8. The van der Waals surface area contributed by atoms with E-state index >= 15 is 0 Å². The van der Waals surface area contributed by atoms with Crippen molar-refractivity contribution in [1.82, 2.24) is 0 Å². The largest absolute Gasteiger partial charge is 0.507 e.